The predicted molar refractivity (Wildman–Crippen MR) is 61.9 cm³/mol. The zero-order chi connectivity index (χ0) is 11.1. The quantitative estimate of drug-likeness (QED) is 0.728. The van der Waals surface area contributed by atoms with E-state index in [-0.39, 0.29) is 12.7 Å². The summed E-state index contributed by atoms with van der Waals surface area (Å²) in [5.41, 5.74) is 2.27. The van der Waals surface area contributed by atoms with E-state index < -0.39 is 0 Å². The molecule has 0 aliphatic carbocycles. The fraction of sp³-hybridized carbons (Fsp3) is 0.538. The van der Waals surface area contributed by atoms with Crippen molar-refractivity contribution in [2.75, 3.05) is 13.2 Å². The number of unbranched alkanes of at least 4 members (excludes halogenated alkanes) is 1. The average Bonchev–Trinajstić information content (AvgIpc) is 2.26. The molecule has 0 fully saturated rings. The first-order valence-electron chi connectivity index (χ1n) is 5.57. The van der Waals surface area contributed by atoms with Gasteiger partial charge in [0.15, 0.2) is 0 Å². The number of aliphatic hydroxyl groups is 1. The van der Waals surface area contributed by atoms with Crippen LogP contribution in [0.5, 0.6) is 0 Å². The first kappa shape index (κ1) is 12.2. The van der Waals surface area contributed by atoms with E-state index in [2.05, 4.69) is 6.92 Å². The highest BCUT2D eigenvalue weighted by Crippen LogP contribution is 2.20. The lowest BCUT2D eigenvalue weighted by molar-refractivity contribution is 0.0101. The summed E-state index contributed by atoms with van der Waals surface area (Å²) in [6.45, 7) is 4.94. The molecule has 0 aromatic heterocycles. The minimum atomic E-state index is -0.169. The summed E-state index contributed by atoms with van der Waals surface area (Å²) in [5.74, 6) is 0. The van der Waals surface area contributed by atoms with E-state index in [0.717, 1.165) is 25.0 Å². The number of aryl methyl sites for hydroxylation is 1. The molecule has 0 bridgehead atoms. The molecule has 2 nitrogen and oxygen atoms in total. The molecule has 1 aromatic carbocycles. The van der Waals surface area contributed by atoms with Crippen molar-refractivity contribution >= 4 is 0 Å². The molecule has 84 valence electrons. The molecule has 0 spiro atoms. The summed E-state index contributed by atoms with van der Waals surface area (Å²) < 4.78 is 5.65. The molecular formula is C13H20O2. The van der Waals surface area contributed by atoms with Gasteiger partial charge in [0.05, 0.1) is 6.61 Å². The Morgan fingerprint density at radius 2 is 2.07 bits per heavy atom. The molecule has 0 aliphatic heterocycles. The van der Waals surface area contributed by atoms with Crippen molar-refractivity contribution in [1.82, 2.24) is 0 Å². The van der Waals surface area contributed by atoms with Crippen LogP contribution in [0, 0.1) is 6.92 Å². The van der Waals surface area contributed by atoms with Crippen molar-refractivity contribution in [3.8, 4) is 0 Å². The van der Waals surface area contributed by atoms with Crippen LogP contribution in [0.15, 0.2) is 24.3 Å². The molecule has 1 aromatic rings. The van der Waals surface area contributed by atoms with Crippen molar-refractivity contribution < 1.29 is 9.84 Å². The van der Waals surface area contributed by atoms with E-state index in [4.69, 9.17) is 4.74 Å². The zero-order valence-corrected chi connectivity index (χ0v) is 9.57. The predicted octanol–water partition coefficient (Wildman–Crippen LogP) is 2.85. The van der Waals surface area contributed by atoms with E-state index in [0.29, 0.717) is 0 Å². The van der Waals surface area contributed by atoms with Crippen molar-refractivity contribution in [2.24, 2.45) is 0 Å². The number of ether oxygens (including phenoxy) is 1. The Morgan fingerprint density at radius 3 is 2.67 bits per heavy atom. The molecule has 0 heterocycles. The lowest BCUT2D eigenvalue weighted by atomic mass is 10.0. The minimum absolute atomic E-state index is 0.0502. The second-order valence-corrected chi connectivity index (χ2v) is 3.75. The summed E-state index contributed by atoms with van der Waals surface area (Å²) in [6, 6.07) is 8.04. The molecule has 0 saturated heterocycles. The molecule has 0 amide bonds. The molecule has 0 saturated carbocycles. The number of hydrogen-bond acceptors (Lipinski definition) is 2. The van der Waals surface area contributed by atoms with Crippen LogP contribution < -0.4 is 0 Å². The van der Waals surface area contributed by atoms with Gasteiger partial charge in [-0.1, -0.05) is 37.6 Å². The third-order valence-electron chi connectivity index (χ3n) is 2.52. The Kier molecular flexibility index (Phi) is 5.37. The second-order valence-electron chi connectivity index (χ2n) is 3.75. The summed E-state index contributed by atoms with van der Waals surface area (Å²) in [7, 11) is 0. The fourth-order valence-corrected chi connectivity index (χ4v) is 1.56. The molecular weight excluding hydrogens is 188 g/mol. The summed E-state index contributed by atoms with van der Waals surface area (Å²) >= 11 is 0. The van der Waals surface area contributed by atoms with Gasteiger partial charge in [0.25, 0.3) is 0 Å². The normalized spacial score (nSPS) is 12.7. The lowest BCUT2D eigenvalue weighted by Gasteiger charge is -2.17. The van der Waals surface area contributed by atoms with Crippen LogP contribution in [0.3, 0.4) is 0 Å². The number of hydrogen-bond donors (Lipinski definition) is 1. The van der Waals surface area contributed by atoms with Gasteiger partial charge in [-0.25, -0.2) is 0 Å². The summed E-state index contributed by atoms with van der Waals surface area (Å²) in [6.07, 6.45) is 1.99. The Hall–Kier alpha value is -0.860. The highest BCUT2D eigenvalue weighted by molar-refractivity contribution is 5.27. The van der Waals surface area contributed by atoms with Crippen LogP contribution in [0.4, 0.5) is 0 Å². The SMILES string of the molecule is CCCCOC(CO)c1ccccc1C. The van der Waals surface area contributed by atoms with Gasteiger partial charge in [-0.05, 0) is 24.5 Å². The number of rotatable bonds is 6. The van der Waals surface area contributed by atoms with Crippen LogP contribution in [0.2, 0.25) is 0 Å². The highest BCUT2D eigenvalue weighted by Gasteiger charge is 2.12. The summed E-state index contributed by atoms with van der Waals surface area (Å²) in [4.78, 5) is 0. The monoisotopic (exact) mass is 208 g/mol. The molecule has 15 heavy (non-hydrogen) atoms. The van der Waals surface area contributed by atoms with Gasteiger partial charge >= 0.3 is 0 Å². The fourth-order valence-electron chi connectivity index (χ4n) is 1.56. The standard InChI is InChI=1S/C13H20O2/c1-3-4-9-15-13(10-14)12-8-6-5-7-11(12)2/h5-8,13-14H,3-4,9-10H2,1-2H3. The van der Waals surface area contributed by atoms with Gasteiger partial charge in [-0.15, -0.1) is 0 Å². The van der Waals surface area contributed by atoms with E-state index in [9.17, 15) is 5.11 Å². The average molecular weight is 208 g/mol. The molecule has 0 radical (unpaired) electrons. The minimum Gasteiger partial charge on any atom is -0.393 e. The van der Waals surface area contributed by atoms with Crippen LogP contribution >= 0.6 is 0 Å². The maximum atomic E-state index is 9.28. The second kappa shape index (κ2) is 6.59. The van der Waals surface area contributed by atoms with Crippen molar-refractivity contribution in [3.63, 3.8) is 0 Å². The van der Waals surface area contributed by atoms with Gasteiger partial charge in [0.1, 0.15) is 6.10 Å². The van der Waals surface area contributed by atoms with Gasteiger partial charge in [-0.3, -0.25) is 0 Å². The zero-order valence-electron chi connectivity index (χ0n) is 9.57. The highest BCUT2D eigenvalue weighted by atomic mass is 16.5. The maximum Gasteiger partial charge on any atom is 0.106 e. The van der Waals surface area contributed by atoms with Crippen LogP contribution in [0.25, 0.3) is 0 Å². The molecule has 2 heteroatoms. The van der Waals surface area contributed by atoms with E-state index in [1.807, 2.05) is 31.2 Å². The smallest absolute Gasteiger partial charge is 0.106 e. The molecule has 1 atom stereocenters. The third-order valence-corrected chi connectivity index (χ3v) is 2.52. The topological polar surface area (TPSA) is 29.5 Å². The third kappa shape index (κ3) is 3.65. The Labute approximate surface area is 91.9 Å². The lowest BCUT2D eigenvalue weighted by Crippen LogP contribution is -2.11. The van der Waals surface area contributed by atoms with Crippen molar-refractivity contribution in [1.29, 1.82) is 0 Å². The molecule has 1 rings (SSSR count). The first-order chi connectivity index (χ1) is 7.29. The van der Waals surface area contributed by atoms with Crippen LogP contribution in [-0.2, 0) is 4.74 Å². The Morgan fingerprint density at radius 1 is 1.33 bits per heavy atom. The molecule has 0 aliphatic rings. The first-order valence-corrected chi connectivity index (χ1v) is 5.57. The van der Waals surface area contributed by atoms with E-state index in [1.165, 1.54) is 5.56 Å². The van der Waals surface area contributed by atoms with Gasteiger partial charge in [0, 0.05) is 6.61 Å². The van der Waals surface area contributed by atoms with Crippen LogP contribution in [0.1, 0.15) is 37.0 Å². The van der Waals surface area contributed by atoms with Crippen molar-refractivity contribution in [3.05, 3.63) is 35.4 Å². The number of aliphatic hydroxyl groups excluding tert-OH is 1. The van der Waals surface area contributed by atoms with Crippen molar-refractivity contribution in [2.45, 2.75) is 32.8 Å². The molecule has 1 N–H and O–H groups in total. The largest absolute Gasteiger partial charge is 0.393 e. The van der Waals surface area contributed by atoms with Gasteiger partial charge in [-0.2, -0.15) is 0 Å². The Bertz CT molecular complexity index is 284. The molecule has 1 unspecified atom stereocenters. The van der Waals surface area contributed by atoms with E-state index >= 15 is 0 Å². The van der Waals surface area contributed by atoms with E-state index in [1.54, 1.807) is 0 Å². The number of benzene rings is 1. The Balaban J connectivity index is 2.61. The maximum absolute atomic E-state index is 9.28. The van der Waals surface area contributed by atoms with Gasteiger partial charge in [0.2, 0.25) is 0 Å². The summed E-state index contributed by atoms with van der Waals surface area (Å²) in [5, 5.41) is 9.28. The van der Waals surface area contributed by atoms with Crippen LogP contribution in [-0.4, -0.2) is 18.3 Å². The van der Waals surface area contributed by atoms with Gasteiger partial charge < -0.3 is 9.84 Å².